The first-order chi connectivity index (χ1) is 13.0. The Kier molecular flexibility index (Phi) is 5.62. The highest BCUT2D eigenvalue weighted by atomic mass is 32.1. The van der Waals surface area contributed by atoms with E-state index in [1.54, 1.807) is 16.7 Å². The molecule has 3 aromatic rings. The number of aromatic nitrogens is 4. The first kappa shape index (κ1) is 18.7. The molecule has 3 N–H and O–H groups in total. The number of thiazole rings is 1. The lowest BCUT2D eigenvalue weighted by molar-refractivity contribution is -0.115. The molecule has 27 heavy (non-hydrogen) atoms. The van der Waals surface area contributed by atoms with E-state index in [4.69, 9.17) is 16.6 Å². The smallest absolute Gasteiger partial charge is 0.287 e. The van der Waals surface area contributed by atoms with Gasteiger partial charge in [-0.15, -0.1) is 6.58 Å². The van der Waals surface area contributed by atoms with Crippen molar-refractivity contribution in [2.45, 2.75) is 13.5 Å². The van der Waals surface area contributed by atoms with Crippen molar-refractivity contribution in [1.29, 1.82) is 0 Å². The van der Waals surface area contributed by atoms with Crippen molar-refractivity contribution in [3.63, 3.8) is 0 Å². The molecule has 9 nitrogen and oxygen atoms in total. The van der Waals surface area contributed by atoms with E-state index in [-0.39, 0.29) is 12.3 Å². The van der Waals surface area contributed by atoms with Gasteiger partial charge in [0.15, 0.2) is 21.5 Å². The summed E-state index contributed by atoms with van der Waals surface area (Å²) in [6, 6.07) is 3.11. The quantitative estimate of drug-likeness (QED) is 0.411. The van der Waals surface area contributed by atoms with Crippen molar-refractivity contribution >= 4 is 40.5 Å². The molecule has 0 aliphatic heterocycles. The van der Waals surface area contributed by atoms with Crippen LogP contribution in [0.25, 0.3) is 10.7 Å². The van der Waals surface area contributed by atoms with Gasteiger partial charge in [-0.05, 0) is 31.3 Å². The Balaban J connectivity index is 1.68. The van der Waals surface area contributed by atoms with Gasteiger partial charge in [0.05, 0.1) is 23.4 Å². The maximum absolute atomic E-state index is 12.1. The van der Waals surface area contributed by atoms with E-state index in [1.807, 2.05) is 6.92 Å². The van der Waals surface area contributed by atoms with Gasteiger partial charge in [-0.3, -0.25) is 19.3 Å². The third kappa shape index (κ3) is 4.20. The van der Waals surface area contributed by atoms with Crippen LogP contribution in [0.4, 0.5) is 5.13 Å². The van der Waals surface area contributed by atoms with Crippen LogP contribution in [0.15, 0.2) is 35.5 Å². The molecule has 3 rings (SSSR count). The van der Waals surface area contributed by atoms with E-state index in [0.29, 0.717) is 28.0 Å². The van der Waals surface area contributed by atoms with E-state index >= 15 is 0 Å². The second kappa shape index (κ2) is 8.10. The van der Waals surface area contributed by atoms with E-state index in [0.717, 1.165) is 4.88 Å². The van der Waals surface area contributed by atoms with Crippen molar-refractivity contribution in [3.05, 3.63) is 47.3 Å². The number of rotatable bonds is 7. The zero-order valence-electron chi connectivity index (χ0n) is 14.3. The molecule has 3 aromatic heterocycles. The van der Waals surface area contributed by atoms with Crippen molar-refractivity contribution in [2.75, 3.05) is 11.9 Å². The predicted molar refractivity (Wildman–Crippen MR) is 103 cm³/mol. The Morgan fingerprint density at radius 2 is 2.33 bits per heavy atom. The maximum atomic E-state index is 12.1. The van der Waals surface area contributed by atoms with Crippen LogP contribution in [0.1, 0.15) is 16.2 Å². The highest BCUT2D eigenvalue weighted by molar-refractivity contribution is 7.71. The molecule has 0 aliphatic rings. The topological polar surface area (TPSA) is 118 Å². The fourth-order valence-corrected chi connectivity index (χ4v) is 3.45. The molecule has 0 aromatic carbocycles. The van der Waals surface area contributed by atoms with Crippen molar-refractivity contribution in [3.8, 4) is 10.7 Å². The molecule has 0 atom stereocenters. The maximum Gasteiger partial charge on any atom is 0.287 e. The second-order valence-corrected chi connectivity index (χ2v) is 6.78. The molecule has 0 spiro atoms. The van der Waals surface area contributed by atoms with Crippen LogP contribution in [0, 0.1) is 11.7 Å². The van der Waals surface area contributed by atoms with Gasteiger partial charge >= 0.3 is 0 Å². The monoisotopic (exact) mass is 404 g/mol. The normalized spacial score (nSPS) is 10.6. The average Bonchev–Trinajstić information content (AvgIpc) is 3.35. The van der Waals surface area contributed by atoms with Gasteiger partial charge in [0.1, 0.15) is 0 Å². The lowest BCUT2D eigenvalue weighted by atomic mass is 10.3. The molecule has 0 bridgehead atoms. The summed E-state index contributed by atoms with van der Waals surface area (Å²) >= 11 is 6.48. The van der Waals surface area contributed by atoms with Gasteiger partial charge in [-0.25, -0.2) is 4.98 Å². The zero-order valence-corrected chi connectivity index (χ0v) is 15.9. The summed E-state index contributed by atoms with van der Waals surface area (Å²) in [5, 5.41) is 12.5. The zero-order chi connectivity index (χ0) is 19.4. The fraction of sp³-hybridized carbons (Fsp3) is 0.188. The molecule has 11 heteroatoms. The summed E-state index contributed by atoms with van der Waals surface area (Å²) in [5.41, 5.74) is 0.703. The molecule has 0 saturated heterocycles. The van der Waals surface area contributed by atoms with Crippen LogP contribution in [0.3, 0.4) is 0 Å². The standard InChI is InChI=1S/C16H16N6O3S2/c1-3-6-22-13(20-21-16(22)26)12-9(2)18-15(27-12)19-11(23)8-17-14(24)10-5-4-7-25-10/h3-5,7H,1,6,8H2,2H3,(H,17,24)(H,21,26)(H,18,19,23). The first-order valence-corrected chi connectivity index (χ1v) is 9.07. The van der Waals surface area contributed by atoms with Crippen LogP contribution in [0.2, 0.25) is 0 Å². The Hall–Kier alpha value is -3.05. The lowest BCUT2D eigenvalue weighted by Gasteiger charge is -2.03. The number of hydrogen-bond donors (Lipinski definition) is 3. The van der Waals surface area contributed by atoms with Crippen LogP contribution >= 0.6 is 23.6 Å². The number of allylic oxidation sites excluding steroid dienone is 1. The summed E-state index contributed by atoms with van der Waals surface area (Å²) in [6.07, 6.45) is 3.10. The molecule has 2 amide bonds. The van der Waals surface area contributed by atoms with E-state index in [9.17, 15) is 9.59 Å². The molecule has 0 radical (unpaired) electrons. The lowest BCUT2D eigenvalue weighted by Crippen LogP contribution is -2.32. The Labute approximate surface area is 163 Å². The minimum Gasteiger partial charge on any atom is -0.459 e. The number of nitrogens with zero attached hydrogens (tertiary/aromatic N) is 3. The number of aryl methyl sites for hydroxylation is 1. The van der Waals surface area contributed by atoms with E-state index in [1.165, 1.54) is 23.7 Å². The van der Waals surface area contributed by atoms with Crippen molar-refractivity contribution in [2.24, 2.45) is 0 Å². The summed E-state index contributed by atoms with van der Waals surface area (Å²) in [5.74, 6) is -0.104. The molecule has 0 unspecified atom stereocenters. The van der Waals surface area contributed by atoms with Crippen molar-refractivity contribution < 1.29 is 14.0 Å². The van der Waals surface area contributed by atoms with Gasteiger partial charge < -0.3 is 15.1 Å². The summed E-state index contributed by atoms with van der Waals surface area (Å²) in [7, 11) is 0. The number of anilines is 1. The molecule has 0 saturated carbocycles. The van der Waals surface area contributed by atoms with Crippen LogP contribution in [0.5, 0.6) is 0 Å². The highest BCUT2D eigenvalue weighted by Gasteiger charge is 2.17. The Morgan fingerprint density at radius 1 is 1.52 bits per heavy atom. The molecular weight excluding hydrogens is 388 g/mol. The van der Waals surface area contributed by atoms with Gasteiger partial charge in [0, 0.05) is 6.54 Å². The summed E-state index contributed by atoms with van der Waals surface area (Å²) < 4.78 is 7.23. The SMILES string of the molecule is C=CCn1c(-c2sc(NC(=O)CNC(=O)c3ccco3)nc2C)n[nH]c1=S. The first-order valence-electron chi connectivity index (χ1n) is 7.85. The van der Waals surface area contributed by atoms with Crippen LogP contribution in [-0.4, -0.2) is 38.1 Å². The van der Waals surface area contributed by atoms with E-state index < -0.39 is 11.8 Å². The Bertz CT molecular complexity index is 1030. The minimum absolute atomic E-state index is 0.139. The number of nitrogens with one attached hydrogen (secondary N) is 3. The largest absolute Gasteiger partial charge is 0.459 e. The van der Waals surface area contributed by atoms with Gasteiger partial charge in [0.2, 0.25) is 5.91 Å². The fourth-order valence-electron chi connectivity index (χ4n) is 2.27. The van der Waals surface area contributed by atoms with Gasteiger partial charge in [-0.2, -0.15) is 5.10 Å². The van der Waals surface area contributed by atoms with Crippen LogP contribution < -0.4 is 10.6 Å². The number of hydrogen-bond acceptors (Lipinski definition) is 7. The summed E-state index contributed by atoms with van der Waals surface area (Å²) in [6.45, 7) is 5.82. The number of furan rings is 1. The third-order valence-corrected chi connectivity index (χ3v) is 4.85. The average molecular weight is 404 g/mol. The number of H-pyrrole nitrogens is 1. The van der Waals surface area contributed by atoms with Gasteiger partial charge in [0.25, 0.3) is 5.91 Å². The van der Waals surface area contributed by atoms with Crippen molar-refractivity contribution in [1.82, 2.24) is 25.1 Å². The molecule has 0 aliphatic carbocycles. The third-order valence-electron chi connectivity index (χ3n) is 3.47. The Morgan fingerprint density at radius 3 is 3.04 bits per heavy atom. The molecule has 3 heterocycles. The predicted octanol–water partition coefficient (Wildman–Crippen LogP) is 2.52. The molecular formula is C16H16N6O3S2. The van der Waals surface area contributed by atoms with Crippen LogP contribution in [-0.2, 0) is 11.3 Å². The highest BCUT2D eigenvalue weighted by Crippen LogP contribution is 2.31. The second-order valence-electron chi connectivity index (χ2n) is 5.39. The number of amides is 2. The van der Waals surface area contributed by atoms with E-state index in [2.05, 4.69) is 32.4 Å². The summed E-state index contributed by atoms with van der Waals surface area (Å²) in [4.78, 5) is 29.0. The molecule has 140 valence electrons. The molecule has 0 fully saturated rings. The number of carbonyl (C=O) groups excluding carboxylic acids is 2. The number of carbonyl (C=O) groups is 2. The van der Waals surface area contributed by atoms with Gasteiger partial charge in [-0.1, -0.05) is 17.4 Å². The minimum atomic E-state index is -0.467. The number of aromatic amines is 1.